The van der Waals surface area contributed by atoms with E-state index in [0.29, 0.717) is 24.4 Å². The summed E-state index contributed by atoms with van der Waals surface area (Å²) in [5.41, 5.74) is 1.13. The van der Waals surface area contributed by atoms with Crippen molar-refractivity contribution < 1.29 is 32.9 Å². The van der Waals surface area contributed by atoms with Crippen LogP contribution in [0.2, 0.25) is 0 Å². The van der Waals surface area contributed by atoms with Gasteiger partial charge in [0.2, 0.25) is 5.95 Å². The first-order chi connectivity index (χ1) is 13.8. The van der Waals surface area contributed by atoms with E-state index in [4.69, 9.17) is 4.74 Å². The lowest BCUT2D eigenvalue weighted by Crippen LogP contribution is -2.42. The second-order valence-electron chi connectivity index (χ2n) is 7.05. The molecule has 2 heterocycles. The highest BCUT2D eigenvalue weighted by atomic mass is 19.4. The SMILES string of the molecule is Oc1cc(OC(F)(F)F)ccc1-c1nnc(N[C@@H]2CCOC[C@H]2O)nc1C1CC1. The molecule has 0 bridgehead atoms. The van der Waals surface area contributed by atoms with Crippen LogP contribution in [0.25, 0.3) is 11.3 Å². The highest BCUT2D eigenvalue weighted by Crippen LogP contribution is 2.44. The van der Waals surface area contributed by atoms with E-state index in [1.54, 1.807) is 0 Å². The van der Waals surface area contributed by atoms with Crippen LogP contribution >= 0.6 is 0 Å². The smallest absolute Gasteiger partial charge is 0.507 e. The number of nitrogens with one attached hydrogen (secondary N) is 1. The summed E-state index contributed by atoms with van der Waals surface area (Å²) in [6.07, 6.45) is -3.17. The van der Waals surface area contributed by atoms with Crippen molar-refractivity contribution in [2.45, 2.75) is 43.7 Å². The minimum Gasteiger partial charge on any atom is -0.507 e. The zero-order chi connectivity index (χ0) is 20.6. The molecular weight excluding hydrogens is 393 g/mol. The van der Waals surface area contributed by atoms with Gasteiger partial charge < -0.3 is 25.0 Å². The number of phenols is 1. The topological polar surface area (TPSA) is 110 Å². The molecule has 2 atom stereocenters. The molecule has 29 heavy (non-hydrogen) atoms. The highest BCUT2D eigenvalue weighted by Gasteiger charge is 2.33. The van der Waals surface area contributed by atoms with Gasteiger partial charge in [-0.1, -0.05) is 0 Å². The number of anilines is 1. The van der Waals surface area contributed by atoms with Crippen LogP contribution in [0.15, 0.2) is 18.2 Å². The van der Waals surface area contributed by atoms with Crippen LogP contribution in [0.3, 0.4) is 0 Å². The number of nitrogens with zero attached hydrogens (tertiary/aromatic N) is 3. The molecule has 1 aliphatic carbocycles. The van der Waals surface area contributed by atoms with Gasteiger partial charge in [-0.3, -0.25) is 0 Å². The van der Waals surface area contributed by atoms with Crippen molar-refractivity contribution >= 4 is 5.95 Å². The van der Waals surface area contributed by atoms with Gasteiger partial charge in [-0.05, 0) is 31.4 Å². The van der Waals surface area contributed by atoms with Crippen LogP contribution in [0.5, 0.6) is 11.5 Å². The molecule has 1 aliphatic heterocycles. The molecule has 0 unspecified atom stereocenters. The lowest BCUT2D eigenvalue weighted by atomic mass is 10.1. The number of ether oxygens (including phenoxy) is 2. The highest BCUT2D eigenvalue weighted by molar-refractivity contribution is 5.70. The van der Waals surface area contributed by atoms with E-state index >= 15 is 0 Å². The molecule has 2 aliphatic rings. The van der Waals surface area contributed by atoms with Crippen molar-refractivity contribution in [3.05, 3.63) is 23.9 Å². The largest absolute Gasteiger partial charge is 0.573 e. The van der Waals surface area contributed by atoms with E-state index in [1.165, 1.54) is 6.07 Å². The summed E-state index contributed by atoms with van der Waals surface area (Å²) < 4.78 is 46.1. The third-order valence-corrected chi connectivity index (χ3v) is 4.78. The molecule has 0 radical (unpaired) electrons. The molecule has 8 nitrogen and oxygen atoms in total. The Morgan fingerprint density at radius 3 is 2.62 bits per heavy atom. The Labute approximate surface area is 163 Å². The number of hydrogen-bond acceptors (Lipinski definition) is 8. The molecule has 1 aromatic heterocycles. The van der Waals surface area contributed by atoms with Crippen molar-refractivity contribution in [1.29, 1.82) is 0 Å². The predicted molar refractivity (Wildman–Crippen MR) is 94.4 cm³/mol. The van der Waals surface area contributed by atoms with Gasteiger partial charge in [0, 0.05) is 24.2 Å². The molecule has 0 spiro atoms. The van der Waals surface area contributed by atoms with Gasteiger partial charge in [0.15, 0.2) is 0 Å². The number of halogens is 3. The maximum Gasteiger partial charge on any atom is 0.573 e. The second-order valence-corrected chi connectivity index (χ2v) is 7.05. The maximum atomic E-state index is 12.4. The number of alkyl halides is 3. The third kappa shape index (κ3) is 4.67. The van der Waals surface area contributed by atoms with Crippen molar-refractivity contribution in [3.63, 3.8) is 0 Å². The van der Waals surface area contributed by atoms with Crippen molar-refractivity contribution in [2.75, 3.05) is 18.5 Å². The van der Waals surface area contributed by atoms with Gasteiger partial charge in [-0.25, -0.2) is 4.98 Å². The van der Waals surface area contributed by atoms with Gasteiger partial charge in [-0.15, -0.1) is 23.4 Å². The van der Waals surface area contributed by atoms with E-state index in [1.807, 2.05) is 0 Å². The molecule has 1 aromatic carbocycles. The average molecular weight is 412 g/mol. The summed E-state index contributed by atoms with van der Waals surface area (Å²) >= 11 is 0. The molecule has 2 fully saturated rings. The molecular formula is C18H19F3N4O4. The number of phenolic OH excluding ortho intramolecular Hbond substituents is 1. The number of aliphatic hydroxyl groups is 1. The lowest BCUT2D eigenvalue weighted by molar-refractivity contribution is -0.274. The van der Waals surface area contributed by atoms with Gasteiger partial charge in [0.05, 0.1) is 24.4 Å². The summed E-state index contributed by atoms with van der Waals surface area (Å²) in [4.78, 5) is 4.50. The van der Waals surface area contributed by atoms with E-state index in [0.717, 1.165) is 25.0 Å². The fraction of sp³-hybridized carbons (Fsp3) is 0.500. The van der Waals surface area contributed by atoms with Gasteiger partial charge in [0.25, 0.3) is 0 Å². The first-order valence-electron chi connectivity index (χ1n) is 9.16. The van der Waals surface area contributed by atoms with Crippen molar-refractivity contribution in [2.24, 2.45) is 0 Å². The van der Waals surface area contributed by atoms with E-state index < -0.39 is 24.0 Å². The number of aromatic hydroxyl groups is 1. The van der Waals surface area contributed by atoms with Gasteiger partial charge in [-0.2, -0.15) is 0 Å². The quantitative estimate of drug-likeness (QED) is 0.688. The normalized spacial score (nSPS) is 22.3. The third-order valence-electron chi connectivity index (χ3n) is 4.78. The van der Waals surface area contributed by atoms with Gasteiger partial charge >= 0.3 is 6.36 Å². The van der Waals surface area contributed by atoms with Crippen LogP contribution in [0.1, 0.15) is 30.9 Å². The second kappa shape index (κ2) is 7.64. The number of hydrogen-bond donors (Lipinski definition) is 3. The molecule has 2 aromatic rings. The molecule has 3 N–H and O–H groups in total. The summed E-state index contributed by atoms with van der Waals surface area (Å²) in [5.74, 6) is -0.561. The first-order valence-corrected chi connectivity index (χ1v) is 9.16. The van der Waals surface area contributed by atoms with Crippen LogP contribution < -0.4 is 10.1 Å². The summed E-state index contributed by atoms with van der Waals surface area (Å²) in [7, 11) is 0. The molecule has 1 saturated carbocycles. The first kappa shape index (κ1) is 19.6. The number of aliphatic hydroxyl groups excluding tert-OH is 1. The summed E-state index contributed by atoms with van der Waals surface area (Å²) in [6.45, 7) is 0.731. The summed E-state index contributed by atoms with van der Waals surface area (Å²) in [5, 5.41) is 31.5. The number of rotatable bonds is 5. The summed E-state index contributed by atoms with van der Waals surface area (Å²) in [6, 6.07) is 3.01. The predicted octanol–water partition coefficient (Wildman–Crippen LogP) is 2.58. The van der Waals surface area contributed by atoms with Crippen LogP contribution in [0, 0.1) is 0 Å². The number of aromatic nitrogens is 3. The minimum atomic E-state index is -4.85. The zero-order valence-corrected chi connectivity index (χ0v) is 15.2. The lowest BCUT2D eigenvalue weighted by Gasteiger charge is -2.28. The van der Waals surface area contributed by atoms with Gasteiger partial charge in [0.1, 0.15) is 17.2 Å². The zero-order valence-electron chi connectivity index (χ0n) is 15.2. The molecule has 156 valence electrons. The monoisotopic (exact) mass is 412 g/mol. The Morgan fingerprint density at radius 1 is 1.17 bits per heavy atom. The Bertz CT molecular complexity index is 892. The minimum absolute atomic E-state index is 0.131. The molecule has 11 heteroatoms. The van der Waals surface area contributed by atoms with Crippen molar-refractivity contribution in [3.8, 4) is 22.8 Å². The molecule has 0 amide bonds. The fourth-order valence-electron chi connectivity index (χ4n) is 3.20. The van der Waals surface area contributed by atoms with E-state index in [-0.39, 0.29) is 30.1 Å². The van der Waals surface area contributed by atoms with Crippen LogP contribution in [-0.2, 0) is 4.74 Å². The fourth-order valence-corrected chi connectivity index (χ4v) is 3.20. The Kier molecular flexibility index (Phi) is 5.17. The average Bonchev–Trinajstić information content (AvgIpc) is 3.48. The van der Waals surface area contributed by atoms with Crippen LogP contribution in [0.4, 0.5) is 19.1 Å². The Balaban J connectivity index is 1.61. The van der Waals surface area contributed by atoms with Crippen molar-refractivity contribution in [1.82, 2.24) is 15.2 Å². The Morgan fingerprint density at radius 2 is 1.97 bits per heavy atom. The van der Waals surface area contributed by atoms with E-state index in [2.05, 4.69) is 25.2 Å². The van der Waals surface area contributed by atoms with E-state index in [9.17, 15) is 23.4 Å². The molecule has 1 saturated heterocycles. The number of benzene rings is 1. The van der Waals surface area contributed by atoms with Crippen LogP contribution in [-0.4, -0.2) is 57.1 Å². The molecule has 4 rings (SSSR count). The maximum absolute atomic E-state index is 12.4. The standard InChI is InChI=1S/C18H19F3N4O4/c19-18(20,21)29-10-3-4-11(13(26)7-10)16-15(9-1-2-9)23-17(25-24-16)22-12-5-6-28-8-14(12)27/h3-4,7,9,12,14,26-27H,1-2,5-6,8H2,(H,22,23,25)/t12-,14-/m1/s1. The Hall–Kier alpha value is -2.66.